The number of anilines is 1. The predicted molar refractivity (Wildman–Crippen MR) is 90.3 cm³/mol. The zero-order valence-corrected chi connectivity index (χ0v) is 14.5. The zero-order chi connectivity index (χ0) is 14.0. The van der Waals surface area contributed by atoms with Crippen molar-refractivity contribution < 1.29 is 0 Å². The number of rotatable bonds is 3. The zero-order valence-electron chi connectivity index (χ0n) is 12.1. The molecule has 1 heterocycles. The fraction of sp³-hybridized carbons (Fsp3) is 0.600. The van der Waals surface area contributed by atoms with Gasteiger partial charge in [0.25, 0.3) is 0 Å². The molecule has 0 aliphatic carbocycles. The summed E-state index contributed by atoms with van der Waals surface area (Å²) in [5.41, 5.74) is 2.65. The van der Waals surface area contributed by atoms with E-state index in [4.69, 9.17) is 0 Å². The van der Waals surface area contributed by atoms with Gasteiger partial charge in [0.05, 0.1) is 0 Å². The van der Waals surface area contributed by atoms with E-state index < -0.39 is 0 Å². The van der Waals surface area contributed by atoms with Crippen LogP contribution in [0.15, 0.2) is 22.7 Å². The van der Waals surface area contributed by atoms with Crippen LogP contribution < -0.4 is 10.2 Å². The first-order valence-corrected chi connectivity index (χ1v) is 8.73. The van der Waals surface area contributed by atoms with Crippen LogP contribution in [-0.4, -0.2) is 30.6 Å². The second-order valence-electron chi connectivity index (χ2n) is 5.23. The van der Waals surface area contributed by atoms with Crippen LogP contribution in [0.5, 0.6) is 0 Å². The third-order valence-corrected chi connectivity index (χ3v) is 6.12. The van der Waals surface area contributed by atoms with Crippen LogP contribution in [0, 0.1) is 0 Å². The monoisotopic (exact) mass is 342 g/mol. The van der Waals surface area contributed by atoms with Gasteiger partial charge in [-0.15, -0.1) is 0 Å². The Balaban J connectivity index is 2.24. The molecular formula is C15H23BrN2S. The summed E-state index contributed by atoms with van der Waals surface area (Å²) in [7, 11) is 2.00. The highest BCUT2D eigenvalue weighted by Gasteiger charge is 2.25. The molecule has 3 unspecified atom stereocenters. The van der Waals surface area contributed by atoms with Gasteiger partial charge in [-0.25, -0.2) is 0 Å². The Labute approximate surface area is 129 Å². The van der Waals surface area contributed by atoms with E-state index in [9.17, 15) is 0 Å². The van der Waals surface area contributed by atoms with E-state index in [2.05, 4.69) is 76.9 Å². The first-order chi connectivity index (χ1) is 9.04. The summed E-state index contributed by atoms with van der Waals surface area (Å²) in [6.07, 6.45) is 0. The van der Waals surface area contributed by atoms with E-state index >= 15 is 0 Å². The molecule has 3 atom stereocenters. The molecule has 1 saturated heterocycles. The van der Waals surface area contributed by atoms with Crippen molar-refractivity contribution in [2.45, 2.75) is 38.1 Å². The minimum atomic E-state index is 0.372. The second kappa shape index (κ2) is 6.51. The van der Waals surface area contributed by atoms with Crippen LogP contribution in [0.25, 0.3) is 0 Å². The van der Waals surface area contributed by atoms with Gasteiger partial charge in [0.1, 0.15) is 0 Å². The minimum absolute atomic E-state index is 0.372. The molecule has 2 nitrogen and oxygen atoms in total. The summed E-state index contributed by atoms with van der Waals surface area (Å²) in [5.74, 6) is 1.22. The van der Waals surface area contributed by atoms with Crippen molar-refractivity contribution in [2.24, 2.45) is 0 Å². The fourth-order valence-corrected chi connectivity index (χ4v) is 4.31. The lowest BCUT2D eigenvalue weighted by Gasteiger charge is -2.39. The largest absolute Gasteiger partial charge is 0.367 e. The summed E-state index contributed by atoms with van der Waals surface area (Å²) < 4.78 is 1.20. The van der Waals surface area contributed by atoms with Gasteiger partial charge < -0.3 is 10.2 Å². The first-order valence-electron chi connectivity index (χ1n) is 6.89. The van der Waals surface area contributed by atoms with Gasteiger partial charge in [-0.3, -0.25) is 0 Å². The quantitative estimate of drug-likeness (QED) is 0.891. The molecule has 19 heavy (non-hydrogen) atoms. The van der Waals surface area contributed by atoms with Crippen molar-refractivity contribution in [3.05, 3.63) is 28.2 Å². The molecular weight excluding hydrogens is 320 g/mol. The summed E-state index contributed by atoms with van der Waals surface area (Å²) >= 11 is 5.80. The minimum Gasteiger partial charge on any atom is -0.367 e. The normalized spacial score (nSPS) is 25.4. The highest BCUT2D eigenvalue weighted by molar-refractivity contribution is 9.10. The van der Waals surface area contributed by atoms with Crippen molar-refractivity contribution in [3.8, 4) is 0 Å². The Morgan fingerprint density at radius 1 is 1.42 bits per heavy atom. The average molecular weight is 343 g/mol. The van der Waals surface area contributed by atoms with E-state index in [0.717, 1.165) is 6.54 Å². The van der Waals surface area contributed by atoms with Crippen LogP contribution in [-0.2, 0) is 0 Å². The van der Waals surface area contributed by atoms with E-state index in [1.165, 1.54) is 21.5 Å². The second-order valence-corrected chi connectivity index (χ2v) is 7.57. The maximum absolute atomic E-state index is 3.72. The predicted octanol–water partition coefficient (Wildman–Crippen LogP) is 4.06. The molecule has 0 radical (unpaired) electrons. The van der Waals surface area contributed by atoms with E-state index in [1.54, 1.807) is 0 Å². The Morgan fingerprint density at radius 3 is 2.79 bits per heavy atom. The third-order valence-electron chi connectivity index (χ3n) is 4.10. The SMILES string of the molecule is CNC(C)c1ccc(N2CCSC(C)C2C)cc1Br. The lowest BCUT2D eigenvalue weighted by molar-refractivity contribution is 0.625. The van der Waals surface area contributed by atoms with Gasteiger partial charge in [0.2, 0.25) is 0 Å². The molecule has 1 aliphatic heterocycles. The summed E-state index contributed by atoms with van der Waals surface area (Å²) in [5, 5.41) is 3.99. The smallest absolute Gasteiger partial charge is 0.0380 e. The van der Waals surface area contributed by atoms with Crippen LogP contribution in [0.2, 0.25) is 0 Å². The van der Waals surface area contributed by atoms with Gasteiger partial charge in [-0.2, -0.15) is 11.8 Å². The van der Waals surface area contributed by atoms with Crippen LogP contribution >= 0.6 is 27.7 Å². The van der Waals surface area contributed by atoms with Crippen LogP contribution in [0.3, 0.4) is 0 Å². The lowest BCUT2D eigenvalue weighted by atomic mass is 10.1. The van der Waals surface area contributed by atoms with Gasteiger partial charge in [0, 0.05) is 39.8 Å². The molecule has 1 aliphatic rings. The van der Waals surface area contributed by atoms with Crippen LogP contribution in [0.1, 0.15) is 32.4 Å². The number of hydrogen-bond acceptors (Lipinski definition) is 3. The number of halogens is 1. The summed E-state index contributed by atoms with van der Waals surface area (Å²) in [6.45, 7) is 7.98. The molecule has 106 valence electrons. The van der Waals surface area contributed by atoms with Crippen LogP contribution in [0.4, 0.5) is 5.69 Å². The van der Waals surface area contributed by atoms with Gasteiger partial charge in [-0.05, 0) is 38.6 Å². The molecule has 0 aromatic heterocycles. The van der Waals surface area contributed by atoms with Crippen molar-refractivity contribution in [1.29, 1.82) is 0 Å². The van der Waals surface area contributed by atoms with Crippen molar-refractivity contribution >= 4 is 33.4 Å². The van der Waals surface area contributed by atoms with Crippen molar-refractivity contribution in [2.75, 3.05) is 24.2 Å². The van der Waals surface area contributed by atoms with Crippen molar-refractivity contribution in [3.63, 3.8) is 0 Å². The van der Waals surface area contributed by atoms with E-state index in [0.29, 0.717) is 17.3 Å². The number of nitrogens with one attached hydrogen (secondary N) is 1. The first kappa shape index (κ1) is 15.2. The number of hydrogen-bond donors (Lipinski definition) is 1. The average Bonchev–Trinajstić information content (AvgIpc) is 2.41. The summed E-state index contributed by atoms with van der Waals surface area (Å²) in [4.78, 5) is 2.53. The molecule has 0 spiro atoms. The molecule has 0 amide bonds. The highest BCUT2D eigenvalue weighted by Crippen LogP contribution is 2.33. The molecule has 2 rings (SSSR count). The Morgan fingerprint density at radius 2 is 2.16 bits per heavy atom. The van der Waals surface area contributed by atoms with E-state index in [-0.39, 0.29) is 0 Å². The Kier molecular flexibility index (Phi) is 5.21. The molecule has 0 bridgehead atoms. The maximum Gasteiger partial charge on any atom is 0.0380 e. The highest BCUT2D eigenvalue weighted by atomic mass is 79.9. The summed E-state index contributed by atoms with van der Waals surface area (Å²) in [6, 6.07) is 7.73. The van der Waals surface area contributed by atoms with Crippen molar-refractivity contribution in [1.82, 2.24) is 5.32 Å². The standard InChI is InChI=1S/C15H23BrN2S/c1-10(17-4)14-6-5-13(9-15(14)16)18-7-8-19-12(3)11(18)2/h5-6,9-12,17H,7-8H2,1-4H3. The number of benzene rings is 1. The topological polar surface area (TPSA) is 15.3 Å². The fourth-order valence-electron chi connectivity index (χ4n) is 2.50. The molecule has 1 aromatic carbocycles. The Bertz CT molecular complexity index is 438. The molecule has 1 aromatic rings. The third kappa shape index (κ3) is 3.29. The maximum atomic E-state index is 3.72. The molecule has 1 N–H and O–H groups in total. The molecule has 4 heteroatoms. The van der Waals surface area contributed by atoms with E-state index in [1.807, 2.05) is 7.05 Å². The molecule has 0 saturated carbocycles. The van der Waals surface area contributed by atoms with Gasteiger partial charge in [0.15, 0.2) is 0 Å². The Hall–Kier alpha value is -0.190. The number of thioether (sulfide) groups is 1. The lowest BCUT2D eigenvalue weighted by Crippen LogP contribution is -2.44. The molecule has 1 fully saturated rings. The number of nitrogens with zero attached hydrogens (tertiary/aromatic N) is 1. The van der Waals surface area contributed by atoms with Gasteiger partial charge in [-0.1, -0.05) is 28.9 Å². The van der Waals surface area contributed by atoms with Gasteiger partial charge >= 0.3 is 0 Å².